The van der Waals surface area contributed by atoms with Crippen LogP contribution in [0.3, 0.4) is 0 Å². The van der Waals surface area contributed by atoms with Crippen LogP contribution in [0.5, 0.6) is 11.5 Å². The standard InChI is InChI=1S/C20H23BrN2O5/c1-5-7-14-18(20(24)27-6-2)17(12(10-22)19(23)28-14)11-8-13(21)16(26-4)9-15(11)25-3/h8-9,17H,5-7,23H2,1-4H3/t17-/m0/s1. The SMILES string of the molecule is CCCC1=C(C(=O)OCC)[C@@H](c2cc(Br)c(OC)cc2OC)C(C#N)=C(N)O1. The average molecular weight is 451 g/mol. The van der Waals surface area contributed by atoms with Crippen molar-refractivity contribution in [1.29, 1.82) is 5.26 Å². The van der Waals surface area contributed by atoms with Gasteiger partial charge in [0.15, 0.2) is 0 Å². The predicted octanol–water partition coefficient (Wildman–Crippen LogP) is 3.89. The highest BCUT2D eigenvalue weighted by Crippen LogP contribution is 2.46. The minimum absolute atomic E-state index is 0.0296. The molecule has 2 rings (SSSR count). The first-order valence-electron chi connectivity index (χ1n) is 8.82. The summed E-state index contributed by atoms with van der Waals surface area (Å²) >= 11 is 3.45. The summed E-state index contributed by atoms with van der Waals surface area (Å²) in [5, 5.41) is 9.75. The van der Waals surface area contributed by atoms with Crippen molar-refractivity contribution < 1.29 is 23.7 Å². The van der Waals surface area contributed by atoms with Gasteiger partial charge in [-0.25, -0.2) is 4.79 Å². The molecule has 1 aliphatic heterocycles. The van der Waals surface area contributed by atoms with Crippen LogP contribution in [0.4, 0.5) is 0 Å². The van der Waals surface area contributed by atoms with Crippen molar-refractivity contribution in [2.45, 2.75) is 32.6 Å². The van der Waals surface area contributed by atoms with Crippen LogP contribution in [0.25, 0.3) is 0 Å². The first-order chi connectivity index (χ1) is 13.4. The van der Waals surface area contributed by atoms with Crippen molar-refractivity contribution in [3.8, 4) is 17.6 Å². The van der Waals surface area contributed by atoms with E-state index in [0.717, 1.165) is 6.42 Å². The number of hydrogen-bond donors (Lipinski definition) is 1. The molecule has 0 spiro atoms. The van der Waals surface area contributed by atoms with Crippen LogP contribution in [0, 0.1) is 11.3 Å². The molecule has 0 saturated carbocycles. The van der Waals surface area contributed by atoms with E-state index in [1.807, 2.05) is 6.92 Å². The molecule has 8 heteroatoms. The minimum Gasteiger partial charge on any atom is -0.496 e. The van der Waals surface area contributed by atoms with E-state index in [4.69, 9.17) is 24.7 Å². The minimum atomic E-state index is -0.781. The monoisotopic (exact) mass is 450 g/mol. The van der Waals surface area contributed by atoms with E-state index in [1.54, 1.807) is 19.1 Å². The number of methoxy groups -OCH3 is 2. The third kappa shape index (κ3) is 4.09. The van der Waals surface area contributed by atoms with Gasteiger partial charge in [0, 0.05) is 18.1 Å². The number of nitrogens with two attached hydrogens (primary N) is 1. The summed E-state index contributed by atoms with van der Waals surface area (Å²) in [7, 11) is 3.04. The first kappa shape index (κ1) is 21.6. The molecule has 0 fully saturated rings. The van der Waals surface area contributed by atoms with E-state index in [1.165, 1.54) is 14.2 Å². The van der Waals surface area contributed by atoms with Crippen molar-refractivity contribution in [3.63, 3.8) is 0 Å². The molecule has 7 nitrogen and oxygen atoms in total. The number of halogens is 1. The average Bonchev–Trinajstić information content (AvgIpc) is 2.67. The van der Waals surface area contributed by atoms with Gasteiger partial charge in [-0.05, 0) is 35.3 Å². The van der Waals surface area contributed by atoms with E-state index in [0.29, 0.717) is 33.7 Å². The lowest BCUT2D eigenvalue weighted by Gasteiger charge is -2.29. The van der Waals surface area contributed by atoms with E-state index < -0.39 is 11.9 Å². The lowest BCUT2D eigenvalue weighted by Crippen LogP contribution is -2.26. The summed E-state index contributed by atoms with van der Waals surface area (Å²) < 4.78 is 22.4. The van der Waals surface area contributed by atoms with Gasteiger partial charge >= 0.3 is 5.97 Å². The summed E-state index contributed by atoms with van der Waals surface area (Å²) in [6.07, 6.45) is 1.20. The fraction of sp³-hybridized carbons (Fsp3) is 0.400. The second kappa shape index (κ2) is 9.51. The van der Waals surface area contributed by atoms with Crippen molar-refractivity contribution in [3.05, 3.63) is 45.0 Å². The Labute approximate surface area is 172 Å². The van der Waals surface area contributed by atoms with Crippen LogP contribution in [0.2, 0.25) is 0 Å². The Morgan fingerprint density at radius 2 is 1.96 bits per heavy atom. The molecule has 0 aliphatic carbocycles. The third-order valence-corrected chi connectivity index (χ3v) is 4.90. The molecule has 1 aromatic carbocycles. The van der Waals surface area contributed by atoms with E-state index >= 15 is 0 Å². The molecule has 28 heavy (non-hydrogen) atoms. The van der Waals surface area contributed by atoms with Gasteiger partial charge in [-0.15, -0.1) is 0 Å². The van der Waals surface area contributed by atoms with Gasteiger partial charge in [0.25, 0.3) is 0 Å². The zero-order chi connectivity index (χ0) is 20.8. The number of benzene rings is 1. The molecule has 0 aromatic heterocycles. The third-order valence-electron chi connectivity index (χ3n) is 4.28. The maximum absolute atomic E-state index is 12.8. The molecular formula is C20H23BrN2O5. The Morgan fingerprint density at radius 3 is 2.50 bits per heavy atom. The van der Waals surface area contributed by atoms with Crippen molar-refractivity contribution >= 4 is 21.9 Å². The van der Waals surface area contributed by atoms with Crippen LogP contribution in [0.15, 0.2) is 39.4 Å². The van der Waals surface area contributed by atoms with Crippen molar-refractivity contribution in [2.24, 2.45) is 5.73 Å². The predicted molar refractivity (Wildman–Crippen MR) is 106 cm³/mol. The normalized spacial score (nSPS) is 16.4. The number of ether oxygens (including phenoxy) is 4. The molecule has 0 saturated heterocycles. The lowest BCUT2D eigenvalue weighted by molar-refractivity contribution is -0.139. The Bertz CT molecular complexity index is 870. The molecule has 0 amide bonds. The summed E-state index contributed by atoms with van der Waals surface area (Å²) in [5.74, 6) is 0.0415. The molecule has 1 aliphatic rings. The number of nitrogens with zero attached hydrogens (tertiary/aromatic N) is 1. The highest BCUT2D eigenvalue weighted by Gasteiger charge is 2.39. The molecule has 0 bridgehead atoms. The fourth-order valence-electron chi connectivity index (χ4n) is 3.08. The van der Waals surface area contributed by atoms with Crippen molar-refractivity contribution in [1.82, 2.24) is 0 Å². The van der Waals surface area contributed by atoms with E-state index in [2.05, 4.69) is 22.0 Å². The van der Waals surface area contributed by atoms with Crippen LogP contribution in [-0.2, 0) is 14.3 Å². The summed E-state index contributed by atoms with van der Waals surface area (Å²) in [5.41, 5.74) is 6.99. The number of rotatable bonds is 7. The first-order valence-corrected chi connectivity index (χ1v) is 9.61. The van der Waals surface area contributed by atoms with E-state index in [-0.39, 0.29) is 23.6 Å². The van der Waals surface area contributed by atoms with Crippen LogP contribution < -0.4 is 15.2 Å². The van der Waals surface area contributed by atoms with E-state index in [9.17, 15) is 10.1 Å². The molecule has 1 aromatic rings. The van der Waals surface area contributed by atoms with Crippen molar-refractivity contribution in [2.75, 3.05) is 20.8 Å². The Kier molecular flexibility index (Phi) is 7.35. The number of allylic oxidation sites excluding steroid dienone is 2. The second-order valence-electron chi connectivity index (χ2n) is 5.96. The van der Waals surface area contributed by atoms with Gasteiger partial charge in [-0.3, -0.25) is 0 Å². The van der Waals surface area contributed by atoms with Gasteiger partial charge in [0.05, 0.1) is 36.8 Å². The fourth-order valence-corrected chi connectivity index (χ4v) is 3.61. The molecular weight excluding hydrogens is 428 g/mol. The zero-order valence-electron chi connectivity index (χ0n) is 16.3. The number of nitriles is 1. The van der Waals surface area contributed by atoms with Gasteiger partial charge in [0.2, 0.25) is 5.88 Å². The Balaban J connectivity index is 2.80. The summed E-state index contributed by atoms with van der Waals surface area (Å²) in [6.45, 7) is 3.87. The second-order valence-corrected chi connectivity index (χ2v) is 6.82. The number of carbonyl (C=O) groups is 1. The van der Waals surface area contributed by atoms with Crippen LogP contribution in [-0.4, -0.2) is 26.8 Å². The summed E-state index contributed by atoms with van der Waals surface area (Å²) in [4.78, 5) is 12.8. The molecule has 0 unspecified atom stereocenters. The molecule has 1 heterocycles. The Hall–Kier alpha value is -2.66. The molecule has 150 valence electrons. The summed E-state index contributed by atoms with van der Waals surface area (Å²) in [6, 6.07) is 5.51. The zero-order valence-corrected chi connectivity index (χ0v) is 17.9. The molecule has 2 N–H and O–H groups in total. The quantitative estimate of drug-likeness (QED) is 0.628. The van der Waals surface area contributed by atoms with Gasteiger partial charge in [-0.1, -0.05) is 6.92 Å². The largest absolute Gasteiger partial charge is 0.496 e. The van der Waals surface area contributed by atoms with Gasteiger partial charge in [0.1, 0.15) is 28.9 Å². The lowest BCUT2D eigenvalue weighted by atomic mass is 9.82. The number of carbonyl (C=O) groups excluding carboxylic acids is 1. The van der Waals surface area contributed by atoms with Crippen LogP contribution in [0.1, 0.15) is 38.2 Å². The van der Waals surface area contributed by atoms with Gasteiger partial charge in [-0.2, -0.15) is 5.26 Å². The molecule has 1 atom stereocenters. The highest BCUT2D eigenvalue weighted by atomic mass is 79.9. The maximum Gasteiger partial charge on any atom is 0.338 e. The van der Waals surface area contributed by atoms with Gasteiger partial charge < -0.3 is 24.7 Å². The maximum atomic E-state index is 12.8. The number of esters is 1. The number of hydrogen-bond acceptors (Lipinski definition) is 7. The van der Waals surface area contributed by atoms with Crippen LogP contribution >= 0.6 is 15.9 Å². The molecule has 0 radical (unpaired) electrons. The highest BCUT2D eigenvalue weighted by molar-refractivity contribution is 9.10. The smallest absolute Gasteiger partial charge is 0.338 e. The Morgan fingerprint density at radius 1 is 1.29 bits per heavy atom. The topological polar surface area (TPSA) is 104 Å².